The van der Waals surface area contributed by atoms with Crippen LogP contribution in [0.25, 0.3) is 6.08 Å². The second-order valence-corrected chi connectivity index (χ2v) is 3.61. The van der Waals surface area contributed by atoms with Crippen molar-refractivity contribution in [3.63, 3.8) is 0 Å². The third kappa shape index (κ3) is 3.11. The monoisotopic (exact) mass is 225 g/mol. The van der Waals surface area contributed by atoms with Crippen LogP contribution in [0.2, 0.25) is 0 Å². The van der Waals surface area contributed by atoms with Crippen molar-refractivity contribution in [1.82, 2.24) is 0 Å². The molecule has 0 aliphatic rings. The number of hydrogen-bond acceptors (Lipinski definition) is 1. The summed E-state index contributed by atoms with van der Waals surface area (Å²) < 4.78 is 12.7. The summed E-state index contributed by atoms with van der Waals surface area (Å²) in [4.78, 5) is 4.26. The van der Waals surface area contributed by atoms with Crippen molar-refractivity contribution in [2.45, 2.75) is 0 Å². The molecule has 2 aromatic carbocycles. The molecule has 0 aromatic heterocycles. The van der Waals surface area contributed by atoms with Gasteiger partial charge in [-0.2, -0.15) is 0 Å². The molecule has 0 bridgehead atoms. The van der Waals surface area contributed by atoms with Gasteiger partial charge in [-0.25, -0.2) is 4.39 Å². The van der Waals surface area contributed by atoms with Crippen LogP contribution in [0.1, 0.15) is 11.1 Å². The first-order chi connectivity index (χ1) is 8.28. The van der Waals surface area contributed by atoms with Gasteiger partial charge in [0.05, 0.1) is 5.69 Å². The highest BCUT2D eigenvalue weighted by molar-refractivity contribution is 5.82. The van der Waals surface area contributed by atoms with Crippen LogP contribution in [-0.2, 0) is 0 Å². The number of hydrogen-bond donors (Lipinski definition) is 0. The summed E-state index contributed by atoms with van der Waals surface area (Å²) in [5.41, 5.74) is 2.81. The number of halogens is 1. The summed E-state index contributed by atoms with van der Waals surface area (Å²) in [6, 6.07) is 13.9. The van der Waals surface area contributed by atoms with Crippen molar-refractivity contribution >= 4 is 18.0 Å². The van der Waals surface area contributed by atoms with E-state index in [-0.39, 0.29) is 5.82 Å². The molecule has 0 saturated heterocycles. The van der Waals surface area contributed by atoms with E-state index in [1.165, 1.54) is 12.1 Å². The third-order valence-corrected chi connectivity index (χ3v) is 2.36. The molecule has 2 heteroatoms. The molecule has 2 rings (SSSR count). The summed E-state index contributed by atoms with van der Waals surface area (Å²) >= 11 is 0. The smallest absolute Gasteiger partial charge is 0.123 e. The zero-order valence-electron chi connectivity index (χ0n) is 9.31. The lowest BCUT2D eigenvalue weighted by atomic mass is 10.1. The van der Waals surface area contributed by atoms with Crippen molar-refractivity contribution in [2.75, 3.05) is 0 Å². The Bertz CT molecular complexity index is 524. The second kappa shape index (κ2) is 5.21. The normalized spacial score (nSPS) is 10.6. The molecule has 0 radical (unpaired) electrons. The van der Waals surface area contributed by atoms with Crippen LogP contribution >= 0.6 is 0 Å². The van der Waals surface area contributed by atoms with Crippen molar-refractivity contribution in [1.29, 1.82) is 0 Å². The topological polar surface area (TPSA) is 12.4 Å². The van der Waals surface area contributed by atoms with Gasteiger partial charge in [0.15, 0.2) is 0 Å². The molecule has 0 aliphatic carbocycles. The SMILES string of the molecule is C=Cc1ccc(C=Nc2ccc(F)cc2)cc1. The van der Waals surface area contributed by atoms with Crippen LogP contribution in [0.3, 0.4) is 0 Å². The average Bonchev–Trinajstić information content (AvgIpc) is 2.39. The van der Waals surface area contributed by atoms with Gasteiger partial charge in [-0.3, -0.25) is 4.99 Å². The first-order valence-electron chi connectivity index (χ1n) is 5.30. The number of nitrogens with zero attached hydrogens (tertiary/aromatic N) is 1. The molecular formula is C15H12FN. The van der Waals surface area contributed by atoms with E-state index >= 15 is 0 Å². The van der Waals surface area contributed by atoms with E-state index in [2.05, 4.69) is 11.6 Å². The molecule has 0 fully saturated rings. The molecule has 2 aromatic rings. The van der Waals surface area contributed by atoms with E-state index in [4.69, 9.17) is 0 Å². The summed E-state index contributed by atoms with van der Waals surface area (Å²) in [6.45, 7) is 3.69. The van der Waals surface area contributed by atoms with Crippen molar-refractivity contribution in [2.24, 2.45) is 4.99 Å². The second-order valence-electron chi connectivity index (χ2n) is 3.61. The molecule has 0 amide bonds. The van der Waals surface area contributed by atoms with Gasteiger partial charge in [0.25, 0.3) is 0 Å². The molecule has 17 heavy (non-hydrogen) atoms. The first kappa shape index (κ1) is 11.3. The molecule has 0 atom stereocenters. The Labute approximate surface area is 100.0 Å². The number of benzene rings is 2. The van der Waals surface area contributed by atoms with Gasteiger partial charge in [-0.05, 0) is 35.4 Å². The Morgan fingerprint density at radius 3 is 2.06 bits per heavy atom. The van der Waals surface area contributed by atoms with Gasteiger partial charge < -0.3 is 0 Å². The average molecular weight is 225 g/mol. The van der Waals surface area contributed by atoms with Crippen LogP contribution in [0.4, 0.5) is 10.1 Å². The summed E-state index contributed by atoms with van der Waals surface area (Å²) in [6.07, 6.45) is 3.54. The maximum absolute atomic E-state index is 12.7. The third-order valence-electron chi connectivity index (χ3n) is 2.36. The van der Waals surface area contributed by atoms with E-state index in [1.54, 1.807) is 24.4 Å². The molecule has 0 unspecified atom stereocenters. The van der Waals surface area contributed by atoms with Gasteiger partial charge in [0.1, 0.15) is 5.82 Å². The van der Waals surface area contributed by atoms with E-state index in [0.717, 1.165) is 16.8 Å². The summed E-state index contributed by atoms with van der Waals surface area (Å²) in [5.74, 6) is -0.251. The summed E-state index contributed by atoms with van der Waals surface area (Å²) in [7, 11) is 0. The van der Waals surface area contributed by atoms with Crippen molar-refractivity contribution in [3.8, 4) is 0 Å². The quantitative estimate of drug-likeness (QED) is 0.693. The van der Waals surface area contributed by atoms with Crippen molar-refractivity contribution in [3.05, 3.63) is 72.1 Å². The Kier molecular flexibility index (Phi) is 3.46. The standard InChI is InChI=1S/C15H12FN/c1-2-12-3-5-13(6-4-12)11-17-15-9-7-14(16)8-10-15/h2-11H,1H2. The van der Waals surface area contributed by atoms with Crippen LogP contribution in [0.5, 0.6) is 0 Å². The van der Waals surface area contributed by atoms with Gasteiger partial charge in [-0.15, -0.1) is 0 Å². The number of rotatable bonds is 3. The maximum atomic E-state index is 12.7. The first-order valence-corrected chi connectivity index (χ1v) is 5.30. The zero-order chi connectivity index (χ0) is 12.1. The lowest BCUT2D eigenvalue weighted by molar-refractivity contribution is 0.628. The lowest BCUT2D eigenvalue weighted by Crippen LogP contribution is -1.80. The van der Waals surface area contributed by atoms with E-state index < -0.39 is 0 Å². The highest BCUT2D eigenvalue weighted by atomic mass is 19.1. The predicted octanol–water partition coefficient (Wildman–Crippen LogP) is 4.22. The minimum atomic E-state index is -0.251. The Balaban J connectivity index is 2.14. The minimum Gasteiger partial charge on any atom is -0.256 e. The van der Waals surface area contributed by atoms with Gasteiger partial charge in [-0.1, -0.05) is 36.9 Å². The van der Waals surface area contributed by atoms with Gasteiger partial charge in [0.2, 0.25) is 0 Å². The number of aliphatic imine (C=N–C) groups is 1. The van der Waals surface area contributed by atoms with E-state index in [0.29, 0.717) is 0 Å². The molecule has 84 valence electrons. The van der Waals surface area contributed by atoms with Gasteiger partial charge in [0, 0.05) is 6.21 Å². The fraction of sp³-hybridized carbons (Fsp3) is 0. The van der Waals surface area contributed by atoms with Crippen LogP contribution in [-0.4, -0.2) is 6.21 Å². The molecule has 0 heterocycles. The Hall–Kier alpha value is -2.22. The molecular weight excluding hydrogens is 213 g/mol. The Morgan fingerprint density at radius 2 is 1.47 bits per heavy atom. The predicted molar refractivity (Wildman–Crippen MR) is 70.2 cm³/mol. The molecule has 0 aliphatic heterocycles. The van der Waals surface area contributed by atoms with E-state index in [1.807, 2.05) is 24.3 Å². The highest BCUT2D eigenvalue weighted by Gasteiger charge is 1.91. The van der Waals surface area contributed by atoms with Crippen LogP contribution in [0, 0.1) is 5.82 Å². The fourth-order valence-corrected chi connectivity index (χ4v) is 1.39. The fourth-order valence-electron chi connectivity index (χ4n) is 1.39. The summed E-state index contributed by atoms with van der Waals surface area (Å²) in [5, 5.41) is 0. The molecule has 1 nitrogen and oxygen atoms in total. The lowest BCUT2D eigenvalue weighted by Gasteiger charge is -1.96. The zero-order valence-corrected chi connectivity index (χ0v) is 9.31. The van der Waals surface area contributed by atoms with Crippen molar-refractivity contribution < 1.29 is 4.39 Å². The maximum Gasteiger partial charge on any atom is 0.123 e. The molecule has 0 saturated carbocycles. The van der Waals surface area contributed by atoms with Crippen LogP contribution < -0.4 is 0 Å². The van der Waals surface area contributed by atoms with Crippen LogP contribution in [0.15, 0.2) is 60.1 Å². The Morgan fingerprint density at radius 1 is 0.882 bits per heavy atom. The largest absolute Gasteiger partial charge is 0.256 e. The minimum absolute atomic E-state index is 0.251. The molecule has 0 N–H and O–H groups in total. The van der Waals surface area contributed by atoms with Gasteiger partial charge >= 0.3 is 0 Å². The molecule has 0 spiro atoms. The highest BCUT2D eigenvalue weighted by Crippen LogP contribution is 2.12. The van der Waals surface area contributed by atoms with E-state index in [9.17, 15) is 4.39 Å².